The molecule has 0 bridgehead atoms. The highest BCUT2D eigenvalue weighted by Crippen LogP contribution is 2.18. The third kappa shape index (κ3) is 3.89. The van der Waals surface area contributed by atoms with Crippen molar-refractivity contribution in [1.82, 2.24) is 15.1 Å². The number of aromatic nitrogens is 2. The Balaban J connectivity index is 1.72. The molecule has 1 N–H and O–H groups in total. The number of amides is 1. The molecular formula is C21H21N3O3. The predicted octanol–water partition coefficient (Wildman–Crippen LogP) is 3.21. The smallest absolute Gasteiger partial charge is 0.337 e. The van der Waals surface area contributed by atoms with Crippen molar-refractivity contribution in [1.29, 1.82) is 0 Å². The van der Waals surface area contributed by atoms with Gasteiger partial charge < -0.3 is 10.1 Å². The summed E-state index contributed by atoms with van der Waals surface area (Å²) >= 11 is 0. The molecule has 6 heteroatoms. The highest BCUT2D eigenvalue weighted by Gasteiger charge is 2.14. The van der Waals surface area contributed by atoms with E-state index in [-0.39, 0.29) is 5.91 Å². The quantitative estimate of drug-likeness (QED) is 0.707. The second-order valence-corrected chi connectivity index (χ2v) is 6.15. The highest BCUT2D eigenvalue weighted by atomic mass is 16.5. The number of ether oxygens (including phenoxy) is 1. The highest BCUT2D eigenvalue weighted by molar-refractivity contribution is 5.96. The number of esters is 1. The van der Waals surface area contributed by atoms with E-state index in [9.17, 15) is 9.59 Å². The maximum Gasteiger partial charge on any atom is 0.337 e. The molecule has 0 aliphatic heterocycles. The van der Waals surface area contributed by atoms with Gasteiger partial charge in [0.2, 0.25) is 0 Å². The van der Waals surface area contributed by atoms with E-state index in [1.807, 2.05) is 48.9 Å². The van der Waals surface area contributed by atoms with Gasteiger partial charge in [-0.25, -0.2) is 9.48 Å². The second kappa shape index (κ2) is 7.86. The molecule has 27 heavy (non-hydrogen) atoms. The number of nitrogens with zero attached hydrogens (tertiary/aromatic N) is 2. The van der Waals surface area contributed by atoms with Gasteiger partial charge in [0.05, 0.1) is 24.1 Å². The summed E-state index contributed by atoms with van der Waals surface area (Å²) in [6.07, 6.45) is 0. The third-order valence-corrected chi connectivity index (χ3v) is 4.44. The number of nitrogens with one attached hydrogen (secondary N) is 1. The predicted molar refractivity (Wildman–Crippen MR) is 102 cm³/mol. The first-order valence-corrected chi connectivity index (χ1v) is 8.58. The van der Waals surface area contributed by atoms with Gasteiger partial charge in [0.25, 0.3) is 5.91 Å². The molecule has 0 spiro atoms. The number of methoxy groups -OCH3 is 1. The van der Waals surface area contributed by atoms with E-state index in [0.717, 1.165) is 22.6 Å². The fourth-order valence-corrected chi connectivity index (χ4v) is 2.90. The first kappa shape index (κ1) is 18.4. The van der Waals surface area contributed by atoms with Crippen molar-refractivity contribution in [3.05, 3.63) is 82.7 Å². The Bertz CT molecular complexity index is 960. The number of carbonyl (C=O) groups excluding carboxylic acids is 2. The lowest BCUT2D eigenvalue weighted by atomic mass is 10.1. The minimum Gasteiger partial charge on any atom is -0.465 e. The molecule has 0 saturated carbocycles. The number of aryl methyl sites for hydroxylation is 1. The third-order valence-electron chi connectivity index (χ3n) is 4.44. The van der Waals surface area contributed by atoms with Crippen LogP contribution in [-0.4, -0.2) is 28.8 Å². The molecule has 1 aromatic heterocycles. The summed E-state index contributed by atoms with van der Waals surface area (Å²) in [6.45, 7) is 4.29. The minimum atomic E-state index is -0.429. The first-order chi connectivity index (χ1) is 13.0. The van der Waals surface area contributed by atoms with Crippen LogP contribution in [0, 0.1) is 13.8 Å². The van der Waals surface area contributed by atoms with E-state index < -0.39 is 5.97 Å². The summed E-state index contributed by atoms with van der Waals surface area (Å²) in [5, 5.41) is 7.50. The van der Waals surface area contributed by atoms with Crippen molar-refractivity contribution in [3.63, 3.8) is 0 Å². The molecule has 2 aromatic carbocycles. The second-order valence-electron chi connectivity index (χ2n) is 6.15. The van der Waals surface area contributed by atoms with Gasteiger partial charge in [-0.3, -0.25) is 4.79 Å². The molecule has 138 valence electrons. The van der Waals surface area contributed by atoms with Gasteiger partial charge in [-0.15, -0.1) is 0 Å². The van der Waals surface area contributed by atoms with Crippen LogP contribution in [-0.2, 0) is 11.3 Å². The van der Waals surface area contributed by atoms with Crippen LogP contribution in [0.25, 0.3) is 5.69 Å². The van der Waals surface area contributed by atoms with Crippen LogP contribution in [0.15, 0.2) is 54.6 Å². The van der Waals surface area contributed by atoms with Gasteiger partial charge in [0, 0.05) is 23.4 Å². The molecule has 0 unspecified atom stereocenters. The van der Waals surface area contributed by atoms with Gasteiger partial charge in [0.15, 0.2) is 0 Å². The number of hydrogen-bond donors (Lipinski definition) is 1. The Labute approximate surface area is 157 Å². The monoisotopic (exact) mass is 363 g/mol. The van der Waals surface area contributed by atoms with Crippen LogP contribution >= 0.6 is 0 Å². The van der Waals surface area contributed by atoms with E-state index in [4.69, 9.17) is 0 Å². The zero-order valence-electron chi connectivity index (χ0n) is 15.5. The number of para-hydroxylation sites is 1. The fraction of sp³-hybridized carbons (Fsp3) is 0.190. The number of carbonyl (C=O) groups is 2. The summed E-state index contributed by atoms with van der Waals surface area (Å²) in [7, 11) is 1.32. The Morgan fingerprint density at radius 1 is 1.00 bits per heavy atom. The van der Waals surface area contributed by atoms with Crippen LogP contribution in [0.4, 0.5) is 0 Å². The molecule has 3 rings (SSSR count). The normalized spacial score (nSPS) is 10.5. The van der Waals surface area contributed by atoms with Crippen LogP contribution in [0.3, 0.4) is 0 Å². The fourth-order valence-electron chi connectivity index (χ4n) is 2.90. The molecular weight excluding hydrogens is 342 g/mol. The average Bonchev–Trinajstić information content (AvgIpc) is 3.00. The zero-order chi connectivity index (χ0) is 19.4. The van der Waals surface area contributed by atoms with E-state index in [1.165, 1.54) is 7.11 Å². The van der Waals surface area contributed by atoms with Crippen molar-refractivity contribution in [2.24, 2.45) is 0 Å². The molecule has 0 fully saturated rings. The lowest BCUT2D eigenvalue weighted by molar-refractivity contribution is 0.0600. The molecule has 0 radical (unpaired) electrons. The summed E-state index contributed by atoms with van der Waals surface area (Å²) in [6, 6.07) is 16.2. The topological polar surface area (TPSA) is 73.2 Å². The maximum absolute atomic E-state index is 12.4. The maximum atomic E-state index is 12.4. The summed E-state index contributed by atoms with van der Waals surface area (Å²) < 4.78 is 6.54. The Morgan fingerprint density at radius 2 is 1.63 bits per heavy atom. The van der Waals surface area contributed by atoms with Crippen molar-refractivity contribution in [3.8, 4) is 5.69 Å². The van der Waals surface area contributed by atoms with E-state index in [0.29, 0.717) is 17.7 Å². The summed E-state index contributed by atoms with van der Waals surface area (Å²) in [5.74, 6) is -0.640. The van der Waals surface area contributed by atoms with E-state index in [2.05, 4.69) is 15.2 Å². The molecule has 6 nitrogen and oxygen atoms in total. The van der Waals surface area contributed by atoms with Crippen LogP contribution in [0.5, 0.6) is 0 Å². The molecule has 0 aliphatic rings. The number of rotatable bonds is 5. The molecule has 1 heterocycles. The van der Waals surface area contributed by atoms with Gasteiger partial charge in [0.1, 0.15) is 0 Å². The number of hydrogen-bond acceptors (Lipinski definition) is 4. The molecule has 0 aliphatic carbocycles. The van der Waals surface area contributed by atoms with Crippen LogP contribution in [0.2, 0.25) is 0 Å². The standard InChI is InChI=1S/C21H21N3O3/c1-14-19(15(2)24(23-14)18-7-5-4-6-8-18)13-22-20(25)16-9-11-17(12-10-16)21(26)27-3/h4-12H,13H2,1-3H3,(H,22,25). The minimum absolute atomic E-state index is 0.210. The Kier molecular flexibility index (Phi) is 5.35. The first-order valence-electron chi connectivity index (χ1n) is 8.58. The molecule has 0 atom stereocenters. The Morgan fingerprint density at radius 3 is 2.26 bits per heavy atom. The van der Waals surface area contributed by atoms with Crippen molar-refractivity contribution < 1.29 is 14.3 Å². The van der Waals surface area contributed by atoms with E-state index >= 15 is 0 Å². The largest absolute Gasteiger partial charge is 0.465 e. The average molecular weight is 363 g/mol. The number of benzene rings is 2. The van der Waals surface area contributed by atoms with Crippen LogP contribution in [0.1, 0.15) is 37.7 Å². The molecule has 1 amide bonds. The summed E-state index contributed by atoms with van der Waals surface area (Å²) in [5.41, 5.74) is 4.71. The lowest BCUT2D eigenvalue weighted by Crippen LogP contribution is -2.23. The van der Waals surface area contributed by atoms with Gasteiger partial charge in [-0.05, 0) is 50.2 Å². The molecule has 3 aromatic rings. The van der Waals surface area contributed by atoms with Gasteiger partial charge in [-0.1, -0.05) is 18.2 Å². The van der Waals surface area contributed by atoms with Crippen LogP contribution < -0.4 is 5.32 Å². The van der Waals surface area contributed by atoms with E-state index in [1.54, 1.807) is 24.3 Å². The summed E-state index contributed by atoms with van der Waals surface area (Å²) in [4.78, 5) is 23.9. The molecule has 0 saturated heterocycles. The van der Waals surface area contributed by atoms with Gasteiger partial charge in [-0.2, -0.15) is 5.10 Å². The van der Waals surface area contributed by atoms with Gasteiger partial charge >= 0.3 is 5.97 Å². The van der Waals surface area contributed by atoms with Crippen molar-refractivity contribution >= 4 is 11.9 Å². The Hall–Kier alpha value is -3.41. The van der Waals surface area contributed by atoms with Crippen molar-refractivity contribution in [2.75, 3.05) is 7.11 Å². The van der Waals surface area contributed by atoms with Crippen molar-refractivity contribution in [2.45, 2.75) is 20.4 Å². The SMILES string of the molecule is COC(=O)c1ccc(C(=O)NCc2c(C)nn(-c3ccccc3)c2C)cc1. The lowest BCUT2D eigenvalue weighted by Gasteiger charge is -2.08. The zero-order valence-corrected chi connectivity index (χ0v) is 15.5.